The van der Waals surface area contributed by atoms with E-state index in [4.69, 9.17) is 9.47 Å². The number of aromatic nitrogens is 1. The molecule has 2 aromatic rings. The highest BCUT2D eigenvalue weighted by atomic mass is 32.1. The minimum absolute atomic E-state index is 0.0479. The summed E-state index contributed by atoms with van der Waals surface area (Å²) >= 11 is 1.21. The first-order chi connectivity index (χ1) is 13.4. The van der Waals surface area contributed by atoms with Crippen molar-refractivity contribution in [2.45, 2.75) is 33.3 Å². The molecule has 1 unspecified atom stereocenters. The van der Waals surface area contributed by atoms with Crippen molar-refractivity contribution in [3.8, 4) is 5.75 Å². The number of rotatable bonds is 6. The van der Waals surface area contributed by atoms with Gasteiger partial charge in [0, 0.05) is 5.38 Å². The molecule has 3 rings (SSSR count). The van der Waals surface area contributed by atoms with Gasteiger partial charge in [0.05, 0.1) is 24.4 Å². The van der Waals surface area contributed by atoms with Crippen LogP contribution in [0.15, 0.2) is 23.6 Å². The van der Waals surface area contributed by atoms with E-state index in [0.29, 0.717) is 28.9 Å². The average Bonchev–Trinajstić information content (AvgIpc) is 3.06. The molecule has 8 nitrogen and oxygen atoms in total. The Kier molecular flexibility index (Phi) is 5.93. The van der Waals surface area contributed by atoms with Gasteiger partial charge in [0.15, 0.2) is 11.2 Å². The summed E-state index contributed by atoms with van der Waals surface area (Å²) in [5, 5.41) is 4.73. The van der Waals surface area contributed by atoms with Crippen LogP contribution in [0.5, 0.6) is 5.75 Å². The molecule has 1 aliphatic heterocycles. The number of carbonyl (C=O) groups excluding carboxylic acids is 3. The van der Waals surface area contributed by atoms with Crippen molar-refractivity contribution in [2.24, 2.45) is 0 Å². The molecule has 1 N–H and O–H groups in total. The van der Waals surface area contributed by atoms with Gasteiger partial charge in [0.2, 0.25) is 5.91 Å². The number of aryl methyl sites for hydroxylation is 1. The lowest BCUT2D eigenvalue weighted by atomic mass is 10.1. The zero-order valence-electron chi connectivity index (χ0n) is 15.9. The van der Waals surface area contributed by atoms with E-state index in [1.165, 1.54) is 16.2 Å². The Bertz CT molecular complexity index is 911. The fourth-order valence-corrected chi connectivity index (χ4v) is 3.51. The number of benzene rings is 1. The van der Waals surface area contributed by atoms with Crippen LogP contribution in [0.3, 0.4) is 0 Å². The van der Waals surface area contributed by atoms with E-state index in [2.05, 4.69) is 10.3 Å². The number of carbonyl (C=O) groups is 3. The Balaban J connectivity index is 1.68. The summed E-state index contributed by atoms with van der Waals surface area (Å²) in [7, 11) is 0. The number of hydrogen-bond donors (Lipinski definition) is 1. The minimum atomic E-state index is -0.668. The molecule has 2 amide bonds. The van der Waals surface area contributed by atoms with Crippen LogP contribution in [0, 0.1) is 6.92 Å². The smallest absolute Gasteiger partial charge is 0.311 e. The van der Waals surface area contributed by atoms with Crippen molar-refractivity contribution in [2.75, 3.05) is 23.4 Å². The third kappa shape index (κ3) is 4.48. The lowest BCUT2D eigenvalue weighted by Gasteiger charge is -2.32. The number of thiazole rings is 1. The fourth-order valence-electron chi connectivity index (χ4n) is 2.79. The van der Waals surface area contributed by atoms with Gasteiger partial charge in [0.1, 0.15) is 12.3 Å². The Morgan fingerprint density at radius 2 is 2.18 bits per heavy atom. The van der Waals surface area contributed by atoms with Crippen LogP contribution >= 0.6 is 11.3 Å². The number of esters is 1. The summed E-state index contributed by atoms with van der Waals surface area (Å²) in [6, 6.07) is 5.49. The molecule has 1 aliphatic rings. The van der Waals surface area contributed by atoms with Crippen LogP contribution in [0.25, 0.3) is 0 Å². The monoisotopic (exact) mass is 403 g/mol. The van der Waals surface area contributed by atoms with Gasteiger partial charge in [-0.2, -0.15) is 0 Å². The maximum absolute atomic E-state index is 12.5. The van der Waals surface area contributed by atoms with Gasteiger partial charge >= 0.3 is 5.97 Å². The molecule has 1 atom stereocenters. The summed E-state index contributed by atoms with van der Waals surface area (Å²) in [5.41, 5.74) is 2.05. The van der Waals surface area contributed by atoms with Crippen molar-refractivity contribution in [1.82, 2.24) is 4.98 Å². The maximum Gasteiger partial charge on any atom is 0.311 e. The molecule has 0 radical (unpaired) electrons. The summed E-state index contributed by atoms with van der Waals surface area (Å²) in [5.74, 6) is -0.468. The third-order valence-electron chi connectivity index (χ3n) is 4.05. The van der Waals surface area contributed by atoms with Crippen LogP contribution in [-0.4, -0.2) is 42.0 Å². The molecule has 9 heteroatoms. The first-order valence-corrected chi connectivity index (χ1v) is 9.74. The SMILES string of the molecule is CCOC(=O)Cc1csc(NC(=O)CN2C(=O)C(C)Oc3ccc(C)cc32)n1. The third-order valence-corrected chi connectivity index (χ3v) is 4.86. The molecular weight excluding hydrogens is 382 g/mol. The normalized spacial score (nSPS) is 15.6. The highest BCUT2D eigenvalue weighted by Crippen LogP contribution is 2.34. The number of amides is 2. The molecule has 2 heterocycles. The predicted molar refractivity (Wildman–Crippen MR) is 105 cm³/mol. The van der Waals surface area contributed by atoms with Gasteiger partial charge in [-0.15, -0.1) is 11.3 Å². The fraction of sp³-hybridized carbons (Fsp3) is 0.368. The molecule has 1 aromatic heterocycles. The lowest BCUT2D eigenvalue weighted by Crippen LogP contribution is -2.47. The van der Waals surface area contributed by atoms with Crippen molar-refractivity contribution in [1.29, 1.82) is 0 Å². The molecule has 148 valence electrons. The topological polar surface area (TPSA) is 97.8 Å². The molecule has 0 spiro atoms. The Morgan fingerprint density at radius 3 is 2.93 bits per heavy atom. The molecule has 0 saturated heterocycles. The number of ether oxygens (including phenoxy) is 2. The van der Waals surface area contributed by atoms with E-state index >= 15 is 0 Å². The zero-order chi connectivity index (χ0) is 20.3. The maximum atomic E-state index is 12.5. The van der Waals surface area contributed by atoms with Crippen molar-refractivity contribution in [3.05, 3.63) is 34.8 Å². The largest absolute Gasteiger partial charge is 0.479 e. The lowest BCUT2D eigenvalue weighted by molar-refractivity contribution is -0.142. The number of fused-ring (bicyclic) bond motifs is 1. The zero-order valence-corrected chi connectivity index (χ0v) is 16.7. The second kappa shape index (κ2) is 8.39. The minimum Gasteiger partial charge on any atom is -0.479 e. The van der Waals surface area contributed by atoms with Crippen LogP contribution in [0.2, 0.25) is 0 Å². The molecule has 28 heavy (non-hydrogen) atoms. The van der Waals surface area contributed by atoms with E-state index in [0.717, 1.165) is 5.56 Å². The highest BCUT2D eigenvalue weighted by molar-refractivity contribution is 7.13. The second-order valence-corrected chi connectivity index (χ2v) is 7.19. The molecule has 0 bridgehead atoms. The number of anilines is 2. The van der Waals surface area contributed by atoms with E-state index in [1.54, 1.807) is 25.3 Å². The first-order valence-electron chi connectivity index (χ1n) is 8.86. The van der Waals surface area contributed by atoms with E-state index in [1.807, 2.05) is 19.1 Å². The summed E-state index contributed by atoms with van der Waals surface area (Å²) < 4.78 is 10.5. The van der Waals surface area contributed by atoms with Crippen LogP contribution in [-0.2, 0) is 25.5 Å². The van der Waals surface area contributed by atoms with Gasteiger partial charge in [0.25, 0.3) is 5.91 Å². The van der Waals surface area contributed by atoms with Gasteiger partial charge in [-0.05, 0) is 38.5 Å². The predicted octanol–water partition coefficient (Wildman–Crippen LogP) is 2.31. The molecule has 0 saturated carbocycles. The van der Waals surface area contributed by atoms with Crippen molar-refractivity contribution < 1.29 is 23.9 Å². The first kappa shape index (κ1) is 19.8. The van der Waals surface area contributed by atoms with E-state index < -0.39 is 6.10 Å². The Hall–Kier alpha value is -2.94. The quantitative estimate of drug-likeness (QED) is 0.744. The summed E-state index contributed by atoms with van der Waals surface area (Å²) in [4.78, 5) is 42.2. The summed E-state index contributed by atoms with van der Waals surface area (Å²) in [6.07, 6.45) is -0.620. The van der Waals surface area contributed by atoms with Crippen molar-refractivity contribution in [3.63, 3.8) is 0 Å². The molecule has 1 aromatic carbocycles. The number of nitrogens with zero attached hydrogens (tertiary/aromatic N) is 2. The van der Waals surface area contributed by atoms with Gasteiger partial charge < -0.3 is 14.8 Å². The molecule has 0 aliphatic carbocycles. The van der Waals surface area contributed by atoms with Gasteiger partial charge in [-0.3, -0.25) is 19.3 Å². The van der Waals surface area contributed by atoms with Crippen LogP contribution < -0.4 is 15.0 Å². The second-order valence-electron chi connectivity index (χ2n) is 6.33. The number of nitrogens with one attached hydrogen (secondary N) is 1. The summed E-state index contributed by atoms with van der Waals surface area (Å²) in [6.45, 7) is 5.44. The van der Waals surface area contributed by atoms with Gasteiger partial charge in [-0.25, -0.2) is 4.98 Å². The van der Waals surface area contributed by atoms with Gasteiger partial charge in [-0.1, -0.05) is 6.07 Å². The van der Waals surface area contributed by atoms with Crippen LogP contribution in [0.1, 0.15) is 25.1 Å². The van der Waals surface area contributed by atoms with E-state index in [9.17, 15) is 14.4 Å². The Morgan fingerprint density at radius 1 is 1.39 bits per heavy atom. The van der Waals surface area contributed by atoms with E-state index in [-0.39, 0.29) is 30.7 Å². The molecular formula is C19H21N3O5S. The average molecular weight is 403 g/mol. The molecule has 0 fully saturated rings. The Labute approximate surface area is 166 Å². The number of hydrogen-bond acceptors (Lipinski definition) is 7. The van der Waals surface area contributed by atoms with Crippen LogP contribution in [0.4, 0.5) is 10.8 Å². The van der Waals surface area contributed by atoms with Crippen molar-refractivity contribution >= 4 is 39.9 Å². The highest BCUT2D eigenvalue weighted by Gasteiger charge is 2.32. The standard InChI is InChI=1S/C19H21N3O5S/c1-4-26-17(24)8-13-10-28-19(20-13)21-16(23)9-22-14-7-11(2)5-6-15(14)27-12(3)18(22)25/h5-7,10,12H,4,8-9H2,1-3H3,(H,20,21,23).